The van der Waals surface area contributed by atoms with Gasteiger partial charge in [0, 0.05) is 25.2 Å². The third-order valence-corrected chi connectivity index (χ3v) is 4.69. The maximum absolute atomic E-state index is 11.6. The summed E-state index contributed by atoms with van der Waals surface area (Å²) in [4.78, 5) is 2.13. The van der Waals surface area contributed by atoms with Crippen molar-refractivity contribution in [3.8, 4) is 6.07 Å². The second-order valence-electron chi connectivity index (χ2n) is 4.43. The van der Waals surface area contributed by atoms with E-state index in [9.17, 15) is 8.42 Å². The summed E-state index contributed by atoms with van der Waals surface area (Å²) in [5, 5.41) is 14.3. The predicted octanol–water partition coefficient (Wildman–Crippen LogP) is 0.477. The molecule has 1 heterocycles. The molecular weight excluding hydrogens is 238 g/mol. The first-order valence-electron chi connectivity index (χ1n) is 5.55. The first kappa shape index (κ1) is 12.1. The lowest BCUT2D eigenvalue weighted by molar-refractivity contribution is 0.400. The Labute approximate surface area is 101 Å². The maximum atomic E-state index is 11.6. The molecule has 2 rings (SSSR count). The molecule has 1 atom stereocenters. The van der Waals surface area contributed by atoms with E-state index in [1.54, 1.807) is 6.08 Å². The first-order valence-corrected chi connectivity index (χ1v) is 7.10. The quantitative estimate of drug-likeness (QED) is 0.775. The van der Waals surface area contributed by atoms with Crippen molar-refractivity contribution in [1.82, 2.24) is 4.90 Å². The number of allylic oxidation sites excluding steroid dienone is 3. The van der Waals surface area contributed by atoms with E-state index in [1.165, 1.54) is 6.08 Å². The van der Waals surface area contributed by atoms with Gasteiger partial charge in [-0.3, -0.25) is 0 Å². The highest BCUT2D eigenvalue weighted by molar-refractivity contribution is 7.91. The van der Waals surface area contributed by atoms with Crippen molar-refractivity contribution >= 4 is 10.0 Å². The Morgan fingerprint density at radius 3 is 2.59 bits per heavy atom. The molecule has 5 nitrogen and oxygen atoms in total. The van der Waals surface area contributed by atoms with Gasteiger partial charge < -0.3 is 4.90 Å². The number of nitrogens with two attached hydrogens (primary N) is 1. The van der Waals surface area contributed by atoms with Gasteiger partial charge in [-0.15, -0.1) is 0 Å². The average Bonchev–Trinajstić information content (AvgIpc) is 2.81. The van der Waals surface area contributed by atoms with Gasteiger partial charge in [-0.05, 0) is 25.0 Å². The van der Waals surface area contributed by atoms with Gasteiger partial charge in [-0.25, -0.2) is 13.6 Å². The molecule has 1 aliphatic heterocycles. The fraction of sp³-hybridized carbons (Fsp3) is 0.545. The zero-order chi connectivity index (χ0) is 12.5. The van der Waals surface area contributed by atoms with Crippen molar-refractivity contribution in [2.75, 3.05) is 13.1 Å². The number of nitriles is 1. The number of primary sulfonamides is 1. The van der Waals surface area contributed by atoms with Crippen LogP contribution in [-0.4, -0.2) is 31.2 Å². The molecule has 0 aromatic carbocycles. The second-order valence-corrected chi connectivity index (χ2v) is 6.25. The van der Waals surface area contributed by atoms with Crippen LogP contribution < -0.4 is 5.14 Å². The molecule has 1 fully saturated rings. The van der Waals surface area contributed by atoms with E-state index >= 15 is 0 Å². The van der Waals surface area contributed by atoms with Crippen molar-refractivity contribution in [2.24, 2.45) is 5.14 Å². The molecule has 1 aliphatic carbocycles. The first-order chi connectivity index (χ1) is 7.98. The molecule has 2 N–H and O–H groups in total. The van der Waals surface area contributed by atoms with Gasteiger partial charge >= 0.3 is 0 Å². The van der Waals surface area contributed by atoms with Gasteiger partial charge in [0.15, 0.2) is 4.75 Å². The predicted molar refractivity (Wildman–Crippen MR) is 64.1 cm³/mol. The van der Waals surface area contributed by atoms with Gasteiger partial charge in [-0.2, -0.15) is 5.26 Å². The van der Waals surface area contributed by atoms with E-state index in [0.29, 0.717) is 0 Å². The third kappa shape index (κ3) is 2.08. The highest BCUT2D eigenvalue weighted by Crippen LogP contribution is 2.31. The lowest BCUT2D eigenvalue weighted by atomic mass is 9.98. The van der Waals surface area contributed by atoms with Crippen LogP contribution in [0.25, 0.3) is 0 Å². The summed E-state index contributed by atoms with van der Waals surface area (Å²) < 4.78 is 21.5. The normalized spacial score (nSPS) is 28.9. The summed E-state index contributed by atoms with van der Waals surface area (Å²) in [5.41, 5.74) is 0.889. The Bertz CT molecular complexity index is 509. The topological polar surface area (TPSA) is 87.2 Å². The molecule has 0 aromatic rings. The summed E-state index contributed by atoms with van der Waals surface area (Å²) in [6, 6.07) is 1.84. The van der Waals surface area contributed by atoms with Crippen molar-refractivity contribution in [3.05, 3.63) is 23.9 Å². The van der Waals surface area contributed by atoms with E-state index in [2.05, 4.69) is 4.90 Å². The van der Waals surface area contributed by atoms with E-state index in [1.807, 2.05) is 12.1 Å². The Balaban J connectivity index is 2.30. The molecule has 17 heavy (non-hydrogen) atoms. The SMILES string of the molecule is N#CC1(S(N)(=O)=O)C=CC=C(N2CCCC2)C1. The van der Waals surface area contributed by atoms with Crippen molar-refractivity contribution in [1.29, 1.82) is 5.26 Å². The number of sulfonamides is 1. The lowest BCUT2D eigenvalue weighted by Crippen LogP contribution is -2.43. The van der Waals surface area contributed by atoms with E-state index in [4.69, 9.17) is 10.4 Å². The largest absolute Gasteiger partial charge is 0.375 e. The fourth-order valence-electron chi connectivity index (χ4n) is 2.26. The molecular formula is C11H15N3O2S. The molecule has 0 amide bonds. The van der Waals surface area contributed by atoms with E-state index in [0.717, 1.165) is 31.6 Å². The molecule has 0 spiro atoms. The van der Waals surface area contributed by atoms with Crippen LogP contribution in [0.1, 0.15) is 19.3 Å². The van der Waals surface area contributed by atoms with Crippen molar-refractivity contribution in [3.63, 3.8) is 0 Å². The van der Waals surface area contributed by atoms with Crippen LogP contribution >= 0.6 is 0 Å². The molecule has 0 bridgehead atoms. The number of nitrogens with zero attached hydrogens (tertiary/aromatic N) is 2. The van der Waals surface area contributed by atoms with E-state index in [-0.39, 0.29) is 6.42 Å². The molecule has 2 aliphatic rings. The Morgan fingerprint density at radius 1 is 1.41 bits per heavy atom. The van der Waals surface area contributed by atoms with Crippen LogP contribution in [-0.2, 0) is 10.0 Å². The van der Waals surface area contributed by atoms with Crippen molar-refractivity contribution in [2.45, 2.75) is 24.0 Å². The van der Waals surface area contributed by atoms with Crippen molar-refractivity contribution < 1.29 is 8.42 Å². The zero-order valence-electron chi connectivity index (χ0n) is 9.46. The summed E-state index contributed by atoms with van der Waals surface area (Å²) >= 11 is 0. The summed E-state index contributed by atoms with van der Waals surface area (Å²) in [5.74, 6) is 0. The van der Waals surface area contributed by atoms with Crippen LogP contribution in [0.5, 0.6) is 0 Å². The van der Waals surface area contributed by atoms with Gasteiger partial charge in [0.1, 0.15) is 0 Å². The van der Waals surface area contributed by atoms with Crippen LogP contribution in [0.15, 0.2) is 23.9 Å². The van der Waals surface area contributed by atoms with Gasteiger partial charge in [-0.1, -0.05) is 6.08 Å². The Hall–Kier alpha value is -1.32. The molecule has 0 radical (unpaired) electrons. The zero-order valence-corrected chi connectivity index (χ0v) is 10.3. The highest BCUT2D eigenvalue weighted by Gasteiger charge is 2.42. The summed E-state index contributed by atoms with van der Waals surface area (Å²) in [6.45, 7) is 1.84. The minimum atomic E-state index is -3.92. The minimum Gasteiger partial charge on any atom is -0.375 e. The third-order valence-electron chi connectivity index (χ3n) is 3.31. The molecule has 1 saturated heterocycles. The molecule has 6 heteroatoms. The number of likely N-dealkylation sites (tertiary alicyclic amines) is 1. The summed E-state index contributed by atoms with van der Waals surface area (Å²) in [6.07, 6.45) is 7.23. The van der Waals surface area contributed by atoms with E-state index < -0.39 is 14.8 Å². The van der Waals surface area contributed by atoms with Crippen LogP contribution in [0.4, 0.5) is 0 Å². The molecule has 0 aromatic heterocycles. The fourth-order valence-corrected chi connectivity index (χ4v) is 3.00. The van der Waals surface area contributed by atoms with Crippen LogP contribution in [0, 0.1) is 11.3 Å². The minimum absolute atomic E-state index is 0.152. The number of hydrogen-bond donors (Lipinski definition) is 1. The summed E-state index contributed by atoms with van der Waals surface area (Å²) in [7, 11) is -3.92. The average molecular weight is 253 g/mol. The molecule has 0 saturated carbocycles. The number of hydrogen-bond acceptors (Lipinski definition) is 4. The van der Waals surface area contributed by atoms with Gasteiger partial charge in [0.2, 0.25) is 10.0 Å². The van der Waals surface area contributed by atoms with Crippen LogP contribution in [0.2, 0.25) is 0 Å². The highest BCUT2D eigenvalue weighted by atomic mass is 32.2. The second kappa shape index (κ2) is 4.17. The Kier molecular flexibility index (Phi) is 2.98. The number of rotatable bonds is 2. The van der Waals surface area contributed by atoms with Crippen LogP contribution in [0.3, 0.4) is 0 Å². The standard InChI is InChI=1S/C11H15N3O2S/c12-9-11(17(13,15)16)5-3-4-10(8-11)14-6-1-2-7-14/h3-5H,1-2,6-8H2,(H2,13,15,16). The maximum Gasteiger partial charge on any atom is 0.232 e. The molecule has 92 valence electrons. The monoisotopic (exact) mass is 253 g/mol. The Morgan fingerprint density at radius 2 is 2.06 bits per heavy atom. The smallest absolute Gasteiger partial charge is 0.232 e. The van der Waals surface area contributed by atoms with Gasteiger partial charge in [0.05, 0.1) is 6.07 Å². The molecule has 1 unspecified atom stereocenters. The lowest BCUT2D eigenvalue weighted by Gasteiger charge is -2.30. The van der Waals surface area contributed by atoms with Gasteiger partial charge in [0.25, 0.3) is 0 Å².